The summed E-state index contributed by atoms with van der Waals surface area (Å²) in [6.45, 7) is 1.36. The molecule has 3 rings (SSSR count). The molecule has 172 valence electrons. The van der Waals surface area contributed by atoms with Gasteiger partial charge in [0.25, 0.3) is 5.91 Å². The van der Waals surface area contributed by atoms with Gasteiger partial charge in [0, 0.05) is 48.5 Å². The van der Waals surface area contributed by atoms with Crippen molar-refractivity contribution in [3.8, 4) is 0 Å². The monoisotopic (exact) mass is 491 g/mol. The maximum Gasteiger partial charge on any atom is 1.00 e. The number of likely N-dealkylation sites (N-methyl/N-ethyl adjacent to an activating group) is 1. The standard InChI is InChI=1S/C24H24ClN3O5.Na/c1-15-14-27(2)23(32)21(22(15)31)28(24(33)26-12-11-20(29)30)18-9-7-16(8-10-18)13-17-5-3-4-6-19(17)25;/h3-10,14,21H,11-13H2,1-2H3,(H,26,33)(H,29,30);/q;+1/p-1. The van der Waals surface area contributed by atoms with Crippen LogP contribution in [0.25, 0.3) is 0 Å². The number of urea groups is 1. The Morgan fingerprint density at radius 3 is 2.38 bits per heavy atom. The van der Waals surface area contributed by atoms with E-state index in [1.165, 1.54) is 18.1 Å². The van der Waals surface area contributed by atoms with E-state index in [9.17, 15) is 24.3 Å². The van der Waals surface area contributed by atoms with Gasteiger partial charge in [-0.3, -0.25) is 14.5 Å². The van der Waals surface area contributed by atoms with Gasteiger partial charge in [-0.25, -0.2) is 4.79 Å². The Bertz CT molecular complexity index is 1120. The molecule has 1 atom stereocenters. The van der Waals surface area contributed by atoms with E-state index in [0.29, 0.717) is 22.7 Å². The summed E-state index contributed by atoms with van der Waals surface area (Å²) in [6.07, 6.45) is 1.57. The average Bonchev–Trinajstić information content (AvgIpc) is 2.77. The van der Waals surface area contributed by atoms with E-state index < -0.39 is 36.2 Å². The first-order valence-corrected chi connectivity index (χ1v) is 10.7. The Labute approximate surface area is 224 Å². The van der Waals surface area contributed by atoms with Crippen LogP contribution in [0, 0.1) is 0 Å². The van der Waals surface area contributed by atoms with E-state index in [2.05, 4.69) is 5.32 Å². The van der Waals surface area contributed by atoms with Gasteiger partial charge in [0.2, 0.25) is 0 Å². The fourth-order valence-electron chi connectivity index (χ4n) is 3.54. The number of carbonyl (C=O) groups is 4. The van der Waals surface area contributed by atoms with Gasteiger partial charge in [0.05, 0.1) is 0 Å². The number of benzene rings is 2. The van der Waals surface area contributed by atoms with Crippen molar-refractivity contribution in [2.75, 3.05) is 18.5 Å². The number of nitrogens with one attached hydrogen (secondary N) is 1. The number of anilines is 1. The molecule has 0 aromatic heterocycles. The summed E-state index contributed by atoms with van der Waals surface area (Å²) in [4.78, 5) is 51.7. The number of carboxylic acids is 1. The molecule has 1 N–H and O–H groups in total. The van der Waals surface area contributed by atoms with Crippen LogP contribution in [-0.2, 0) is 20.8 Å². The Balaban J connectivity index is 0.00000408. The number of amides is 3. The number of Topliss-reactive ketones (excluding diaryl/α,β-unsaturated/α-hetero) is 1. The quantitative estimate of drug-likeness (QED) is 0.391. The average molecular weight is 492 g/mol. The van der Waals surface area contributed by atoms with Crippen molar-refractivity contribution in [1.82, 2.24) is 10.2 Å². The van der Waals surface area contributed by atoms with Crippen LogP contribution in [0.15, 0.2) is 60.3 Å². The molecule has 0 aliphatic carbocycles. The number of nitrogens with zero attached hydrogens (tertiary/aromatic N) is 2. The summed E-state index contributed by atoms with van der Waals surface area (Å²) in [7, 11) is 1.50. The van der Waals surface area contributed by atoms with Crippen LogP contribution in [0.5, 0.6) is 0 Å². The Morgan fingerprint density at radius 2 is 1.76 bits per heavy atom. The molecular formula is C24H23ClN3NaO5. The van der Waals surface area contributed by atoms with Gasteiger partial charge < -0.3 is 20.1 Å². The fraction of sp³-hybridized carbons (Fsp3) is 0.250. The molecule has 34 heavy (non-hydrogen) atoms. The molecule has 1 aliphatic rings. The SMILES string of the molecule is CC1=CN(C)C(=O)C(N(C(=O)NCCC(=O)[O-])c2ccc(Cc3ccccc3Cl)cc2)C1=O.[Na+]. The van der Waals surface area contributed by atoms with Crippen LogP contribution >= 0.6 is 11.6 Å². The first-order chi connectivity index (χ1) is 15.7. The van der Waals surface area contributed by atoms with Crippen LogP contribution in [-0.4, -0.2) is 48.2 Å². The zero-order valence-electron chi connectivity index (χ0n) is 19.2. The third-order valence-corrected chi connectivity index (χ3v) is 5.62. The van der Waals surface area contributed by atoms with Crippen molar-refractivity contribution < 1.29 is 53.8 Å². The second-order valence-corrected chi connectivity index (χ2v) is 8.09. The Morgan fingerprint density at radius 1 is 1.12 bits per heavy atom. The molecule has 1 aliphatic heterocycles. The number of hydrogen-bond acceptors (Lipinski definition) is 5. The van der Waals surface area contributed by atoms with Gasteiger partial charge in [-0.05, 0) is 42.7 Å². The molecule has 0 bridgehead atoms. The molecule has 0 fully saturated rings. The van der Waals surface area contributed by atoms with Gasteiger partial charge in [-0.15, -0.1) is 0 Å². The molecule has 0 spiro atoms. The maximum atomic E-state index is 13.0. The largest absolute Gasteiger partial charge is 1.00 e. The molecule has 2 aromatic carbocycles. The number of halogens is 1. The van der Waals surface area contributed by atoms with E-state index >= 15 is 0 Å². The van der Waals surface area contributed by atoms with E-state index in [0.717, 1.165) is 16.0 Å². The molecular weight excluding hydrogens is 469 g/mol. The van der Waals surface area contributed by atoms with E-state index in [1.807, 2.05) is 18.2 Å². The van der Waals surface area contributed by atoms with Crippen molar-refractivity contribution in [2.45, 2.75) is 25.8 Å². The van der Waals surface area contributed by atoms with Crippen LogP contribution in [0.4, 0.5) is 10.5 Å². The molecule has 0 saturated heterocycles. The first kappa shape index (κ1) is 27.6. The Hall–Kier alpha value is -2.65. The Kier molecular flexibility index (Phi) is 9.88. The second kappa shape index (κ2) is 12.2. The zero-order chi connectivity index (χ0) is 24.1. The molecule has 3 amide bonds. The van der Waals surface area contributed by atoms with Crippen molar-refractivity contribution in [1.29, 1.82) is 0 Å². The molecule has 8 nitrogen and oxygen atoms in total. The van der Waals surface area contributed by atoms with E-state index in [1.54, 1.807) is 37.3 Å². The molecule has 0 saturated carbocycles. The van der Waals surface area contributed by atoms with Gasteiger partial charge in [0.15, 0.2) is 11.8 Å². The molecule has 1 unspecified atom stereocenters. The molecule has 0 radical (unpaired) electrons. The predicted molar refractivity (Wildman–Crippen MR) is 122 cm³/mol. The number of hydrogen-bond donors (Lipinski definition) is 1. The summed E-state index contributed by atoms with van der Waals surface area (Å²) in [5.41, 5.74) is 2.49. The molecule has 2 aromatic rings. The summed E-state index contributed by atoms with van der Waals surface area (Å²) in [5, 5.41) is 13.8. The van der Waals surface area contributed by atoms with Crippen LogP contribution in [0.3, 0.4) is 0 Å². The second-order valence-electron chi connectivity index (χ2n) is 7.69. The van der Waals surface area contributed by atoms with E-state index in [4.69, 9.17) is 11.6 Å². The number of ketones is 1. The number of carboxylic acid groups (broad SMARTS) is 1. The first-order valence-electron chi connectivity index (χ1n) is 10.3. The summed E-state index contributed by atoms with van der Waals surface area (Å²) in [5.74, 6) is -2.40. The van der Waals surface area contributed by atoms with Gasteiger partial charge >= 0.3 is 35.6 Å². The van der Waals surface area contributed by atoms with Gasteiger partial charge in [-0.2, -0.15) is 0 Å². The van der Waals surface area contributed by atoms with Crippen LogP contribution < -0.4 is 44.9 Å². The smallest absolute Gasteiger partial charge is 0.550 e. The fourth-order valence-corrected chi connectivity index (χ4v) is 3.74. The number of aliphatic carboxylic acids is 1. The normalized spacial score (nSPS) is 15.3. The van der Waals surface area contributed by atoms with Crippen molar-refractivity contribution in [3.63, 3.8) is 0 Å². The van der Waals surface area contributed by atoms with Crippen molar-refractivity contribution in [3.05, 3.63) is 76.5 Å². The third-order valence-electron chi connectivity index (χ3n) is 5.26. The third kappa shape index (κ3) is 6.48. The van der Waals surface area contributed by atoms with Gasteiger partial charge in [-0.1, -0.05) is 41.9 Å². The maximum absolute atomic E-state index is 13.0. The minimum Gasteiger partial charge on any atom is -0.550 e. The summed E-state index contributed by atoms with van der Waals surface area (Å²) in [6, 6.07) is 12.1. The van der Waals surface area contributed by atoms with Gasteiger partial charge in [0.1, 0.15) is 0 Å². The van der Waals surface area contributed by atoms with E-state index in [-0.39, 0.29) is 36.1 Å². The van der Waals surface area contributed by atoms with Crippen molar-refractivity contribution in [2.24, 2.45) is 0 Å². The molecule has 10 heteroatoms. The summed E-state index contributed by atoms with van der Waals surface area (Å²) >= 11 is 6.24. The zero-order valence-corrected chi connectivity index (χ0v) is 22.0. The topological polar surface area (TPSA) is 110 Å². The number of carbonyl (C=O) groups excluding carboxylic acids is 4. The minimum atomic E-state index is -1.41. The van der Waals surface area contributed by atoms with Crippen LogP contribution in [0.2, 0.25) is 5.02 Å². The predicted octanol–water partition coefficient (Wildman–Crippen LogP) is -1.10. The van der Waals surface area contributed by atoms with Crippen LogP contribution in [0.1, 0.15) is 24.5 Å². The minimum absolute atomic E-state index is 0. The molecule has 1 heterocycles. The number of rotatable bonds is 7. The summed E-state index contributed by atoms with van der Waals surface area (Å²) < 4.78 is 0. The van der Waals surface area contributed by atoms with Crippen molar-refractivity contribution >= 4 is 41.0 Å².